The zero-order chi connectivity index (χ0) is 19.4. The number of pyridine rings is 1. The van der Waals surface area contributed by atoms with E-state index in [9.17, 15) is 4.39 Å². The summed E-state index contributed by atoms with van der Waals surface area (Å²) in [7, 11) is 1.57. The Kier molecular flexibility index (Phi) is 5.66. The number of benzene rings is 1. The third-order valence-corrected chi connectivity index (χ3v) is 4.06. The molecule has 0 saturated carbocycles. The SMILES string of the molecule is CCc1nc(C)cn1-c1nc(OC)ccc1NC(=S)Nc1ccc(F)cc1. The fourth-order valence-electron chi connectivity index (χ4n) is 2.62. The average molecular weight is 385 g/mol. The number of methoxy groups -OCH3 is 1. The third kappa shape index (κ3) is 4.40. The largest absolute Gasteiger partial charge is 0.481 e. The number of halogens is 1. The fraction of sp³-hybridized carbons (Fsp3) is 0.211. The summed E-state index contributed by atoms with van der Waals surface area (Å²) >= 11 is 5.39. The van der Waals surface area contributed by atoms with E-state index in [1.165, 1.54) is 12.1 Å². The quantitative estimate of drug-likeness (QED) is 0.645. The lowest BCUT2D eigenvalue weighted by molar-refractivity contribution is 0.397. The highest BCUT2D eigenvalue weighted by Gasteiger charge is 2.14. The Balaban J connectivity index is 1.90. The summed E-state index contributed by atoms with van der Waals surface area (Å²) in [5, 5.41) is 6.54. The molecule has 0 unspecified atom stereocenters. The molecular formula is C19H20FN5OS. The topological polar surface area (TPSA) is 64.0 Å². The summed E-state index contributed by atoms with van der Waals surface area (Å²) in [6.45, 7) is 3.97. The number of anilines is 2. The molecule has 140 valence electrons. The van der Waals surface area contributed by atoms with Crippen molar-refractivity contribution < 1.29 is 9.13 Å². The minimum absolute atomic E-state index is 0.302. The van der Waals surface area contributed by atoms with Gasteiger partial charge in [0, 0.05) is 24.4 Å². The first-order valence-electron chi connectivity index (χ1n) is 8.44. The van der Waals surface area contributed by atoms with Gasteiger partial charge in [-0.25, -0.2) is 9.37 Å². The molecule has 3 rings (SSSR count). The summed E-state index contributed by atoms with van der Waals surface area (Å²) in [6.07, 6.45) is 2.67. The number of hydrogen-bond donors (Lipinski definition) is 2. The Morgan fingerprint density at radius 1 is 1.15 bits per heavy atom. The lowest BCUT2D eigenvalue weighted by Crippen LogP contribution is -2.20. The molecule has 2 aromatic heterocycles. The van der Waals surface area contributed by atoms with Crippen molar-refractivity contribution in [3.05, 3.63) is 59.9 Å². The predicted molar refractivity (Wildman–Crippen MR) is 108 cm³/mol. The molecule has 27 heavy (non-hydrogen) atoms. The first-order valence-corrected chi connectivity index (χ1v) is 8.84. The van der Waals surface area contributed by atoms with Crippen LogP contribution >= 0.6 is 12.2 Å². The molecule has 0 aliphatic heterocycles. The Morgan fingerprint density at radius 3 is 2.56 bits per heavy atom. The van der Waals surface area contributed by atoms with E-state index in [4.69, 9.17) is 17.0 Å². The van der Waals surface area contributed by atoms with Crippen LogP contribution in [0.25, 0.3) is 5.82 Å². The van der Waals surface area contributed by atoms with E-state index in [-0.39, 0.29) is 5.82 Å². The lowest BCUT2D eigenvalue weighted by Gasteiger charge is -2.16. The van der Waals surface area contributed by atoms with Crippen LogP contribution in [0.5, 0.6) is 5.88 Å². The molecule has 0 fully saturated rings. The standard InChI is InChI=1S/C19H20FN5OS/c1-4-16-21-12(2)11-25(16)18-15(9-10-17(24-18)26-3)23-19(27)22-14-7-5-13(20)6-8-14/h5-11H,4H2,1-3H3,(H2,22,23,27). The number of aromatic nitrogens is 3. The maximum Gasteiger partial charge on any atom is 0.215 e. The van der Waals surface area contributed by atoms with Crippen LogP contribution < -0.4 is 15.4 Å². The van der Waals surface area contributed by atoms with Crippen LogP contribution in [0, 0.1) is 12.7 Å². The molecule has 6 nitrogen and oxygen atoms in total. The number of aryl methyl sites for hydroxylation is 2. The molecular weight excluding hydrogens is 365 g/mol. The lowest BCUT2D eigenvalue weighted by atomic mass is 10.3. The van der Waals surface area contributed by atoms with Crippen LogP contribution in [0.1, 0.15) is 18.4 Å². The minimum Gasteiger partial charge on any atom is -0.481 e. The number of nitrogens with zero attached hydrogens (tertiary/aromatic N) is 3. The van der Waals surface area contributed by atoms with Crippen LogP contribution in [0.4, 0.5) is 15.8 Å². The van der Waals surface area contributed by atoms with E-state index in [1.807, 2.05) is 30.7 Å². The smallest absolute Gasteiger partial charge is 0.215 e. The highest BCUT2D eigenvalue weighted by atomic mass is 32.1. The first-order chi connectivity index (χ1) is 13.0. The third-order valence-electron chi connectivity index (χ3n) is 3.85. The van der Waals surface area contributed by atoms with Crippen LogP contribution in [0.3, 0.4) is 0 Å². The van der Waals surface area contributed by atoms with Gasteiger partial charge in [0.2, 0.25) is 5.88 Å². The Hall–Kier alpha value is -3.00. The van der Waals surface area contributed by atoms with Gasteiger partial charge in [0.05, 0.1) is 18.5 Å². The molecule has 0 aliphatic carbocycles. The normalized spacial score (nSPS) is 10.5. The number of hydrogen-bond acceptors (Lipinski definition) is 4. The van der Waals surface area contributed by atoms with Gasteiger partial charge >= 0.3 is 0 Å². The van der Waals surface area contributed by atoms with Crippen molar-refractivity contribution in [1.29, 1.82) is 0 Å². The van der Waals surface area contributed by atoms with Crippen molar-refractivity contribution in [2.45, 2.75) is 20.3 Å². The Morgan fingerprint density at radius 2 is 1.89 bits per heavy atom. The second-order valence-corrected chi connectivity index (χ2v) is 6.24. The van der Waals surface area contributed by atoms with E-state index < -0.39 is 0 Å². The van der Waals surface area contributed by atoms with Gasteiger partial charge in [-0.3, -0.25) is 4.57 Å². The van der Waals surface area contributed by atoms with Crippen molar-refractivity contribution >= 4 is 28.7 Å². The summed E-state index contributed by atoms with van der Waals surface area (Å²) < 4.78 is 20.2. The zero-order valence-corrected chi connectivity index (χ0v) is 16.1. The van der Waals surface area contributed by atoms with E-state index >= 15 is 0 Å². The number of thiocarbonyl (C=S) groups is 1. The highest BCUT2D eigenvalue weighted by molar-refractivity contribution is 7.80. The number of rotatable bonds is 5. The minimum atomic E-state index is -0.302. The van der Waals surface area contributed by atoms with E-state index in [0.717, 1.165) is 17.9 Å². The van der Waals surface area contributed by atoms with Crippen molar-refractivity contribution in [2.75, 3.05) is 17.7 Å². The summed E-state index contributed by atoms with van der Waals surface area (Å²) in [4.78, 5) is 9.08. The zero-order valence-electron chi connectivity index (χ0n) is 15.3. The molecule has 1 aromatic carbocycles. The van der Waals surface area contributed by atoms with Crippen LogP contribution in [-0.2, 0) is 6.42 Å². The van der Waals surface area contributed by atoms with Gasteiger partial charge in [-0.2, -0.15) is 4.98 Å². The second-order valence-electron chi connectivity index (χ2n) is 5.83. The van der Waals surface area contributed by atoms with Crippen molar-refractivity contribution in [3.63, 3.8) is 0 Å². The van der Waals surface area contributed by atoms with Gasteiger partial charge in [-0.1, -0.05) is 6.92 Å². The second kappa shape index (κ2) is 8.13. The van der Waals surface area contributed by atoms with E-state index in [1.54, 1.807) is 25.3 Å². The Labute approximate surface area is 162 Å². The van der Waals surface area contributed by atoms with Gasteiger partial charge < -0.3 is 15.4 Å². The maximum atomic E-state index is 13.1. The number of imidazole rings is 1. The molecule has 0 amide bonds. The first kappa shape index (κ1) is 18.8. The van der Waals surface area contributed by atoms with Crippen LogP contribution in [0.15, 0.2) is 42.6 Å². The maximum absolute atomic E-state index is 13.1. The van der Waals surface area contributed by atoms with Crippen molar-refractivity contribution in [2.24, 2.45) is 0 Å². The van der Waals surface area contributed by atoms with Gasteiger partial charge in [0.1, 0.15) is 11.6 Å². The molecule has 8 heteroatoms. The molecule has 0 atom stereocenters. The molecule has 0 spiro atoms. The van der Waals surface area contributed by atoms with Gasteiger partial charge in [0.15, 0.2) is 10.9 Å². The summed E-state index contributed by atoms with van der Waals surface area (Å²) in [5.41, 5.74) is 2.28. The van der Waals surface area contributed by atoms with Crippen molar-refractivity contribution in [1.82, 2.24) is 14.5 Å². The van der Waals surface area contributed by atoms with Gasteiger partial charge in [-0.15, -0.1) is 0 Å². The highest BCUT2D eigenvalue weighted by Crippen LogP contribution is 2.24. The fourth-order valence-corrected chi connectivity index (χ4v) is 2.85. The van der Waals surface area contributed by atoms with Gasteiger partial charge in [0.25, 0.3) is 0 Å². The van der Waals surface area contributed by atoms with E-state index in [2.05, 4.69) is 20.6 Å². The number of nitrogens with one attached hydrogen (secondary N) is 2. The molecule has 0 radical (unpaired) electrons. The van der Waals surface area contributed by atoms with Crippen LogP contribution in [-0.4, -0.2) is 26.8 Å². The molecule has 2 heterocycles. The summed E-state index contributed by atoms with van der Waals surface area (Å²) in [6, 6.07) is 9.56. The average Bonchev–Trinajstić information content (AvgIpc) is 3.04. The Bertz CT molecular complexity index is 955. The van der Waals surface area contributed by atoms with Crippen LogP contribution in [0.2, 0.25) is 0 Å². The molecule has 3 aromatic rings. The van der Waals surface area contributed by atoms with E-state index in [0.29, 0.717) is 28.2 Å². The predicted octanol–water partition coefficient (Wildman–Crippen LogP) is 4.09. The molecule has 0 saturated heterocycles. The van der Waals surface area contributed by atoms with Gasteiger partial charge in [-0.05, 0) is 49.5 Å². The molecule has 0 aliphatic rings. The van der Waals surface area contributed by atoms with Crippen molar-refractivity contribution in [3.8, 4) is 11.7 Å². The number of ether oxygens (including phenoxy) is 1. The molecule has 0 bridgehead atoms. The summed E-state index contributed by atoms with van der Waals surface area (Å²) in [5.74, 6) is 1.70. The molecule has 2 N–H and O–H groups in total. The monoisotopic (exact) mass is 385 g/mol.